The summed E-state index contributed by atoms with van der Waals surface area (Å²) < 4.78 is 0. The van der Waals surface area contributed by atoms with Crippen LogP contribution in [0.5, 0.6) is 0 Å². The molecule has 2 nitrogen and oxygen atoms in total. The van der Waals surface area contributed by atoms with Crippen molar-refractivity contribution in [2.75, 3.05) is 11.1 Å². The van der Waals surface area contributed by atoms with E-state index in [1.54, 1.807) is 12.1 Å². The molecular weight excluding hydrogens is 207 g/mol. The van der Waals surface area contributed by atoms with Crippen LogP contribution < -0.4 is 11.1 Å². The monoisotopic (exact) mass is 218 g/mol. The van der Waals surface area contributed by atoms with Gasteiger partial charge < -0.3 is 11.1 Å². The molecular formula is C9H12Cl2N2. The Kier molecular flexibility index (Phi) is 3.28. The number of nitrogens with two attached hydrogens (primary N) is 1. The van der Waals surface area contributed by atoms with Crippen molar-refractivity contribution in [2.45, 2.75) is 19.9 Å². The number of nitrogens with one attached hydrogen (secondary N) is 1. The van der Waals surface area contributed by atoms with Gasteiger partial charge in [-0.05, 0) is 26.0 Å². The summed E-state index contributed by atoms with van der Waals surface area (Å²) in [6, 6.07) is 3.70. The minimum Gasteiger partial charge on any atom is -0.397 e. The van der Waals surface area contributed by atoms with Crippen LogP contribution in [0.2, 0.25) is 10.0 Å². The van der Waals surface area contributed by atoms with Crippen molar-refractivity contribution < 1.29 is 0 Å². The van der Waals surface area contributed by atoms with Gasteiger partial charge in [0.15, 0.2) is 0 Å². The Morgan fingerprint density at radius 1 is 1.23 bits per heavy atom. The fourth-order valence-electron chi connectivity index (χ4n) is 0.998. The second-order valence-corrected chi connectivity index (χ2v) is 3.97. The number of halogens is 2. The molecule has 3 N–H and O–H groups in total. The maximum absolute atomic E-state index is 5.84. The molecule has 0 spiro atoms. The van der Waals surface area contributed by atoms with Crippen LogP contribution in [-0.2, 0) is 0 Å². The third kappa shape index (κ3) is 2.68. The van der Waals surface area contributed by atoms with E-state index >= 15 is 0 Å². The average molecular weight is 219 g/mol. The molecule has 0 atom stereocenters. The predicted octanol–water partition coefficient (Wildman–Crippen LogP) is 3.40. The van der Waals surface area contributed by atoms with E-state index in [9.17, 15) is 0 Å². The highest BCUT2D eigenvalue weighted by Crippen LogP contribution is 2.30. The SMILES string of the molecule is CC(C)Nc1cc(Cl)c(Cl)cc1N. The van der Waals surface area contributed by atoms with Crippen LogP contribution in [-0.4, -0.2) is 6.04 Å². The normalized spacial score (nSPS) is 10.5. The summed E-state index contributed by atoms with van der Waals surface area (Å²) in [4.78, 5) is 0. The van der Waals surface area contributed by atoms with Crippen molar-refractivity contribution in [1.82, 2.24) is 0 Å². The maximum Gasteiger partial charge on any atom is 0.0614 e. The van der Waals surface area contributed by atoms with Gasteiger partial charge in [0.1, 0.15) is 0 Å². The zero-order valence-corrected chi connectivity index (χ0v) is 9.08. The third-order valence-corrected chi connectivity index (χ3v) is 2.26. The van der Waals surface area contributed by atoms with E-state index in [2.05, 4.69) is 5.32 Å². The molecule has 0 saturated carbocycles. The molecule has 1 rings (SSSR count). The number of hydrogen-bond acceptors (Lipinski definition) is 2. The van der Waals surface area contributed by atoms with Gasteiger partial charge in [-0.2, -0.15) is 0 Å². The highest BCUT2D eigenvalue weighted by atomic mass is 35.5. The molecule has 0 aromatic heterocycles. The summed E-state index contributed by atoms with van der Waals surface area (Å²) in [6.45, 7) is 4.06. The fourth-order valence-corrected chi connectivity index (χ4v) is 1.33. The summed E-state index contributed by atoms with van der Waals surface area (Å²) in [7, 11) is 0. The van der Waals surface area contributed by atoms with E-state index in [-0.39, 0.29) is 0 Å². The zero-order valence-electron chi connectivity index (χ0n) is 7.57. The zero-order chi connectivity index (χ0) is 10.0. The van der Waals surface area contributed by atoms with E-state index < -0.39 is 0 Å². The summed E-state index contributed by atoms with van der Waals surface area (Å²) >= 11 is 11.6. The topological polar surface area (TPSA) is 38.0 Å². The molecule has 72 valence electrons. The van der Waals surface area contributed by atoms with Gasteiger partial charge in [-0.3, -0.25) is 0 Å². The van der Waals surface area contributed by atoms with Crippen LogP contribution in [0.15, 0.2) is 12.1 Å². The van der Waals surface area contributed by atoms with Crippen molar-refractivity contribution in [3.63, 3.8) is 0 Å². The highest BCUT2D eigenvalue weighted by Gasteiger charge is 2.05. The number of anilines is 2. The van der Waals surface area contributed by atoms with Crippen molar-refractivity contribution in [3.8, 4) is 0 Å². The number of hydrogen-bond donors (Lipinski definition) is 2. The molecule has 0 aliphatic rings. The summed E-state index contributed by atoms with van der Waals surface area (Å²) in [6.07, 6.45) is 0. The lowest BCUT2D eigenvalue weighted by atomic mass is 10.2. The van der Waals surface area contributed by atoms with Crippen LogP contribution in [0, 0.1) is 0 Å². The molecule has 0 fully saturated rings. The van der Waals surface area contributed by atoms with Gasteiger partial charge in [-0.15, -0.1) is 0 Å². The molecule has 0 amide bonds. The van der Waals surface area contributed by atoms with Crippen LogP contribution in [0.25, 0.3) is 0 Å². The molecule has 13 heavy (non-hydrogen) atoms. The quantitative estimate of drug-likeness (QED) is 0.748. The number of nitrogen functional groups attached to an aromatic ring is 1. The van der Waals surface area contributed by atoms with E-state index in [1.165, 1.54) is 0 Å². The van der Waals surface area contributed by atoms with E-state index in [4.69, 9.17) is 28.9 Å². The van der Waals surface area contributed by atoms with Gasteiger partial charge in [0.25, 0.3) is 0 Å². The van der Waals surface area contributed by atoms with E-state index in [0.717, 1.165) is 5.69 Å². The highest BCUT2D eigenvalue weighted by molar-refractivity contribution is 6.42. The van der Waals surface area contributed by atoms with Crippen molar-refractivity contribution in [2.24, 2.45) is 0 Å². The first-order valence-corrected chi connectivity index (χ1v) is 4.77. The number of benzene rings is 1. The second kappa shape index (κ2) is 4.07. The molecule has 0 aliphatic heterocycles. The molecule has 0 radical (unpaired) electrons. The molecule has 1 aromatic rings. The first-order chi connectivity index (χ1) is 6.00. The predicted molar refractivity (Wildman–Crippen MR) is 59.6 cm³/mol. The minimum atomic E-state index is 0.319. The van der Waals surface area contributed by atoms with E-state index in [0.29, 0.717) is 21.8 Å². The Morgan fingerprint density at radius 2 is 1.77 bits per heavy atom. The lowest BCUT2D eigenvalue weighted by Crippen LogP contribution is -2.11. The Morgan fingerprint density at radius 3 is 2.31 bits per heavy atom. The second-order valence-electron chi connectivity index (χ2n) is 3.15. The van der Waals surface area contributed by atoms with Crippen molar-refractivity contribution in [1.29, 1.82) is 0 Å². The Bertz CT molecular complexity index is 311. The minimum absolute atomic E-state index is 0.319. The van der Waals surface area contributed by atoms with Crippen molar-refractivity contribution >= 4 is 34.6 Å². The summed E-state index contributed by atoms with van der Waals surface area (Å²) in [5.41, 5.74) is 7.17. The van der Waals surface area contributed by atoms with Crippen LogP contribution in [0.1, 0.15) is 13.8 Å². The third-order valence-electron chi connectivity index (χ3n) is 1.54. The Hall–Kier alpha value is -0.600. The van der Waals surface area contributed by atoms with Gasteiger partial charge in [0, 0.05) is 6.04 Å². The molecule has 4 heteroatoms. The molecule has 0 saturated heterocycles. The molecule has 0 unspecified atom stereocenters. The fraction of sp³-hybridized carbons (Fsp3) is 0.333. The van der Waals surface area contributed by atoms with Crippen LogP contribution in [0.3, 0.4) is 0 Å². The molecule has 0 bridgehead atoms. The standard InChI is InChI=1S/C9H12Cl2N2/c1-5(2)13-9-4-7(11)6(10)3-8(9)12/h3-5,13H,12H2,1-2H3. The maximum atomic E-state index is 5.84. The first-order valence-electron chi connectivity index (χ1n) is 4.01. The summed E-state index contributed by atoms with van der Waals surface area (Å²) in [5.74, 6) is 0. The number of rotatable bonds is 2. The van der Waals surface area contributed by atoms with Gasteiger partial charge in [0.05, 0.1) is 21.4 Å². The Balaban J connectivity index is 3.01. The van der Waals surface area contributed by atoms with Gasteiger partial charge in [0.2, 0.25) is 0 Å². The van der Waals surface area contributed by atoms with Crippen LogP contribution in [0.4, 0.5) is 11.4 Å². The largest absolute Gasteiger partial charge is 0.397 e. The molecule has 0 heterocycles. The van der Waals surface area contributed by atoms with Crippen molar-refractivity contribution in [3.05, 3.63) is 22.2 Å². The lowest BCUT2D eigenvalue weighted by molar-refractivity contribution is 0.900. The lowest BCUT2D eigenvalue weighted by Gasteiger charge is -2.13. The van der Waals surface area contributed by atoms with Gasteiger partial charge in [-0.25, -0.2) is 0 Å². The molecule has 1 aromatic carbocycles. The van der Waals surface area contributed by atoms with Gasteiger partial charge >= 0.3 is 0 Å². The van der Waals surface area contributed by atoms with E-state index in [1.807, 2.05) is 13.8 Å². The van der Waals surface area contributed by atoms with Crippen LogP contribution >= 0.6 is 23.2 Å². The Labute approximate surface area is 88.0 Å². The molecule has 0 aliphatic carbocycles. The smallest absolute Gasteiger partial charge is 0.0614 e. The van der Waals surface area contributed by atoms with Gasteiger partial charge in [-0.1, -0.05) is 23.2 Å². The average Bonchev–Trinajstić information content (AvgIpc) is 1.99. The summed E-state index contributed by atoms with van der Waals surface area (Å²) in [5, 5.41) is 4.17. The first kappa shape index (κ1) is 10.5.